The fourth-order valence-electron chi connectivity index (χ4n) is 3.14. The molecule has 1 aliphatic rings. The Balaban J connectivity index is 2.35. The van der Waals surface area contributed by atoms with E-state index in [4.69, 9.17) is 4.74 Å². The van der Waals surface area contributed by atoms with Gasteiger partial charge in [-0.2, -0.15) is 0 Å². The highest BCUT2D eigenvalue weighted by Crippen LogP contribution is 2.44. The number of rotatable bonds is 3. The zero-order valence-electron chi connectivity index (χ0n) is 15.3. The molecule has 1 unspecified atom stereocenters. The number of ether oxygens (including phenoxy) is 1. The number of hydrogen-bond donors (Lipinski definition) is 0. The van der Waals surface area contributed by atoms with Crippen LogP contribution < -0.4 is 4.74 Å². The van der Waals surface area contributed by atoms with Crippen LogP contribution in [0.1, 0.15) is 38.8 Å². The van der Waals surface area contributed by atoms with Gasteiger partial charge >= 0.3 is 0 Å². The first-order chi connectivity index (χ1) is 12.2. The summed E-state index contributed by atoms with van der Waals surface area (Å²) in [6, 6.07) is 14.0. The van der Waals surface area contributed by atoms with Crippen molar-refractivity contribution in [1.82, 2.24) is 0 Å². The maximum absolute atomic E-state index is 13.3. The molecule has 0 bridgehead atoms. The largest absolute Gasteiger partial charge is 0.485 e. The molecule has 26 heavy (non-hydrogen) atoms. The van der Waals surface area contributed by atoms with Crippen molar-refractivity contribution >= 4 is 22.6 Å². The highest BCUT2D eigenvalue weighted by molar-refractivity contribution is 6.31. The van der Waals surface area contributed by atoms with Gasteiger partial charge in [0.05, 0.1) is 4.92 Å². The lowest BCUT2D eigenvalue weighted by atomic mass is 9.78. The molecule has 5 heteroatoms. The molecule has 134 valence electrons. The van der Waals surface area contributed by atoms with Crippen molar-refractivity contribution in [3.05, 3.63) is 69.8 Å². The first kappa shape index (κ1) is 17.9. The monoisotopic (exact) mass is 351 g/mol. The molecule has 2 aromatic rings. The quantitative estimate of drug-likeness (QED) is 0.582. The maximum atomic E-state index is 13.3. The van der Waals surface area contributed by atoms with E-state index in [-0.39, 0.29) is 17.6 Å². The summed E-state index contributed by atoms with van der Waals surface area (Å²) in [7, 11) is 0. The Morgan fingerprint density at radius 2 is 1.77 bits per heavy atom. The van der Waals surface area contributed by atoms with Gasteiger partial charge in [0.25, 0.3) is 5.69 Å². The summed E-state index contributed by atoms with van der Waals surface area (Å²) in [5.74, 6) is 0.434. The molecule has 5 nitrogen and oxygen atoms in total. The topological polar surface area (TPSA) is 69.4 Å². The molecule has 0 spiro atoms. The predicted octanol–water partition coefficient (Wildman–Crippen LogP) is 4.90. The van der Waals surface area contributed by atoms with Gasteiger partial charge < -0.3 is 4.74 Å². The molecule has 0 amide bonds. The van der Waals surface area contributed by atoms with Crippen LogP contribution in [0.2, 0.25) is 0 Å². The zero-order chi connectivity index (χ0) is 19.1. The van der Waals surface area contributed by atoms with E-state index in [1.54, 1.807) is 6.07 Å². The molecule has 0 radical (unpaired) electrons. The van der Waals surface area contributed by atoms with Gasteiger partial charge in [-0.25, -0.2) is 0 Å². The number of carbonyl (C=O) groups is 1. The van der Waals surface area contributed by atoms with Crippen molar-refractivity contribution in [2.24, 2.45) is 5.41 Å². The molecule has 3 rings (SSSR count). The number of non-ortho nitro benzene ring substituents is 1. The fourth-order valence-corrected chi connectivity index (χ4v) is 3.14. The van der Waals surface area contributed by atoms with Gasteiger partial charge in [-0.05, 0) is 18.6 Å². The van der Waals surface area contributed by atoms with E-state index >= 15 is 0 Å². The van der Waals surface area contributed by atoms with Crippen molar-refractivity contribution < 1.29 is 14.5 Å². The third-order valence-electron chi connectivity index (χ3n) is 4.42. The highest BCUT2D eigenvalue weighted by Gasteiger charge is 2.36. The van der Waals surface area contributed by atoms with Gasteiger partial charge in [0, 0.05) is 34.3 Å². The molecule has 2 aromatic carbocycles. The number of benzene rings is 2. The van der Waals surface area contributed by atoms with Crippen molar-refractivity contribution in [3.63, 3.8) is 0 Å². The summed E-state index contributed by atoms with van der Waals surface area (Å²) < 4.78 is 5.99. The Kier molecular flexibility index (Phi) is 4.40. The normalized spacial score (nSPS) is 16.7. The fraction of sp³-hybridized carbons (Fsp3) is 0.286. The predicted molar refractivity (Wildman–Crippen MR) is 101 cm³/mol. The lowest BCUT2D eigenvalue weighted by Crippen LogP contribution is -2.29. The smallest absolute Gasteiger partial charge is 0.270 e. The van der Waals surface area contributed by atoms with E-state index in [0.29, 0.717) is 16.9 Å². The summed E-state index contributed by atoms with van der Waals surface area (Å²) >= 11 is 0. The zero-order valence-corrected chi connectivity index (χ0v) is 15.3. The van der Waals surface area contributed by atoms with Crippen LogP contribution in [0.25, 0.3) is 11.1 Å². The average Bonchev–Trinajstić information content (AvgIpc) is 2.59. The van der Waals surface area contributed by atoms with Crippen molar-refractivity contribution in [2.45, 2.75) is 33.8 Å². The van der Waals surface area contributed by atoms with Gasteiger partial charge in [-0.15, -0.1) is 0 Å². The van der Waals surface area contributed by atoms with Gasteiger partial charge in [0.1, 0.15) is 11.9 Å². The molecule has 0 saturated carbocycles. The Hall–Kier alpha value is -2.95. The lowest BCUT2D eigenvalue weighted by Gasteiger charge is -2.31. The van der Waals surface area contributed by atoms with Gasteiger partial charge in [0.2, 0.25) is 0 Å². The standard InChI is InChI=1S/C21H21NO4/c1-13-18(14-8-6-5-7-9-14)19(20(23)21(2,3)4)16-12-15(22(24)25)10-11-17(16)26-13/h5-13H,1-4H3. The summed E-state index contributed by atoms with van der Waals surface area (Å²) in [4.78, 5) is 24.1. The molecular formula is C21H21NO4. The molecule has 0 fully saturated rings. The van der Waals surface area contributed by atoms with Gasteiger partial charge in [0.15, 0.2) is 5.78 Å². The van der Waals surface area contributed by atoms with E-state index in [1.165, 1.54) is 12.1 Å². The van der Waals surface area contributed by atoms with Crippen LogP contribution in [0, 0.1) is 15.5 Å². The molecule has 0 N–H and O–H groups in total. The average molecular weight is 351 g/mol. The Bertz CT molecular complexity index is 907. The van der Waals surface area contributed by atoms with E-state index < -0.39 is 10.3 Å². The van der Waals surface area contributed by atoms with Crippen molar-refractivity contribution in [2.75, 3.05) is 0 Å². The van der Waals surface area contributed by atoms with Gasteiger partial charge in [-0.1, -0.05) is 51.1 Å². The minimum absolute atomic E-state index is 0.0616. The highest BCUT2D eigenvalue weighted by atomic mass is 16.6. The maximum Gasteiger partial charge on any atom is 0.270 e. The number of ketones is 1. The van der Waals surface area contributed by atoms with E-state index in [1.807, 2.05) is 58.0 Å². The van der Waals surface area contributed by atoms with Crippen LogP contribution in [-0.2, 0) is 4.79 Å². The molecule has 0 aromatic heterocycles. The number of fused-ring (bicyclic) bond motifs is 1. The number of nitro benzene ring substituents is 1. The molecule has 1 atom stereocenters. The molecule has 0 aliphatic carbocycles. The van der Waals surface area contributed by atoms with Crippen molar-refractivity contribution in [3.8, 4) is 5.75 Å². The Morgan fingerprint density at radius 1 is 1.12 bits per heavy atom. The molecule has 1 aliphatic heterocycles. The van der Waals surface area contributed by atoms with Crippen LogP contribution in [0.3, 0.4) is 0 Å². The van der Waals surface area contributed by atoms with Crippen LogP contribution in [0.15, 0.2) is 48.5 Å². The van der Waals surface area contributed by atoms with Crippen LogP contribution in [0.5, 0.6) is 5.75 Å². The molecule has 1 heterocycles. The number of nitro groups is 1. The number of nitrogens with zero attached hydrogens (tertiary/aromatic N) is 1. The molecular weight excluding hydrogens is 330 g/mol. The van der Waals surface area contributed by atoms with Crippen LogP contribution in [0.4, 0.5) is 5.69 Å². The van der Waals surface area contributed by atoms with E-state index in [2.05, 4.69) is 0 Å². The second kappa shape index (κ2) is 6.41. The lowest BCUT2D eigenvalue weighted by molar-refractivity contribution is -0.384. The number of allylic oxidation sites excluding steroid dienone is 1. The first-order valence-corrected chi connectivity index (χ1v) is 8.50. The Labute approximate surface area is 152 Å². The van der Waals surface area contributed by atoms with E-state index in [9.17, 15) is 14.9 Å². The number of Topliss-reactive ketones (excluding diaryl/α,β-unsaturated/α-hetero) is 1. The van der Waals surface area contributed by atoms with E-state index in [0.717, 1.165) is 11.1 Å². The minimum Gasteiger partial charge on any atom is -0.485 e. The van der Waals surface area contributed by atoms with Gasteiger partial charge in [-0.3, -0.25) is 14.9 Å². The molecule has 0 saturated heterocycles. The third kappa shape index (κ3) is 3.12. The summed E-state index contributed by atoms with van der Waals surface area (Å²) in [5, 5.41) is 11.2. The van der Waals surface area contributed by atoms with Crippen molar-refractivity contribution in [1.29, 1.82) is 0 Å². The minimum atomic E-state index is -0.631. The second-order valence-corrected chi connectivity index (χ2v) is 7.43. The number of carbonyl (C=O) groups excluding carboxylic acids is 1. The first-order valence-electron chi connectivity index (χ1n) is 8.50. The summed E-state index contributed by atoms with van der Waals surface area (Å²) in [6.45, 7) is 7.44. The SMILES string of the molecule is CC1Oc2ccc([N+](=O)[O-])cc2C(C(=O)C(C)(C)C)=C1c1ccccc1. The van der Waals surface area contributed by atoms with Crippen LogP contribution in [-0.4, -0.2) is 16.8 Å². The third-order valence-corrected chi connectivity index (χ3v) is 4.42. The second-order valence-electron chi connectivity index (χ2n) is 7.43. The van der Waals surface area contributed by atoms with Crippen LogP contribution >= 0.6 is 0 Å². The Morgan fingerprint density at radius 3 is 2.35 bits per heavy atom. The number of hydrogen-bond acceptors (Lipinski definition) is 4. The summed E-state index contributed by atoms with van der Waals surface area (Å²) in [5.41, 5.74) is 1.93. The summed E-state index contributed by atoms with van der Waals surface area (Å²) in [6.07, 6.45) is -0.340.